The Morgan fingerprint density at radius 2 is 2.21 bits per heavy atom. The Kier molecular flexibility index (Phi) is 2.06. The van der Waals surface area contributed by atoms with Crippen molar-refractivity contribution in [2.75, 3.05) is 11.9 Å². The minimum Gasteiger partial charge on any atom is -0.371 e. The van der Waals surface area contributed by atoms with Gasteiger partial charge in [-0.25, -0.2) is 0 Å². The van der Waals surface area contributed by atoms with E-state index in [0.717, 1.165) is 12.0 Å². The van der Waals surface area contributed by atoms with Gasteiger partial charge in [0, 0.05) is 24.3 Å². The van der Waals surface area contributed by atoms with Crippen molar-refractivity contribution >= 4 is 11.5 Å². The summed E-state index contributed by atoms with van der Waals surface area (Å²) in [5.74, 6) is 0.140. The van der Waals surface area contributed by atoms with Crippen LogP contribution in [-0.4, -0.2) is 18.9 Å². The van der Waals surface area contributed by atoms with E-state index in [4.69, 9.17) is 0 Å². The molecule has 0 radical (unpaired) electrons. The number of carbonyl (C=O) groups excluding carboxylic acids is 1. The van der Waals surface area contributed by atoms with Gasteiger partial charge in [-0.3, -0.25) is 4.79 Å². The van der Waals surface area contributed by atoms with Crippen LogP contribution in [0.5, 0.6) is 0 Å². The van der Waals surface area contributed by atoms with Crippen molar-refractivity contribution in [3.8, 4) is 0 Å². The molecule has 0 aliphatic carbocycles. The maximum atomic E-state index is 11.2. The van der Waals surface area contributed by atoms with Gasteiger partial charge >= 0.3 is 0 Å². The summed E-state index contributed by atoms with van der Waals surface area (Å²) in [5.41, 5.74) is 3.37. The number of likely N-dealkylation sites (N-methyl/N-ethyl adjacent to an activating group) is 1. The molecule has 2 nitrogen and oxygen atoms in total. The predicted octanol–water partition coefficient (Wildman–Crippen LogP) is 2.27. The van der Waals surface area contributed by atoms with Crippen molar-refractivity contribution in [2.24, 2.45) is 0 Å². The molecule has 74 valence electrons. The quantitative estimate of drug-likeness (QED) is 0.632. The van der Waals surface area contributed by atoms with Gasteiger partial charge < -0.3 is 4.90 Å². The fraction of sp³-hybridized carbons (Fsp3) is 0.417. The summed E-state index contributed by atoms with van der Waals surface area (Å²) in [5, 5.41) is 0. The minimum absolute atomic E-state index is 0.140. The van der Waals surface area contributed by atoms with Crippen LogP contribution in [0.1, 0.15) is 29.8 Å². The first-order chi connectivity index (χ1) is 6.59. The number of carbonyl (C=O) groups is 1. The number of hydrogen-bond donors (Lipinski definition) is 0. The van der Waals surface area contributed by atoms with Gasteiger partial charge in [-0.2, -0.15) is 0 Å². The number of Topliss-reactive ketones (excluding diaryl/α,β-unsaturated/α-hetero) is 1. The highest BCUT2D eigenvalue weighted by molar-refractivity contribution is 5.95. The van der Waals surface area contributed by atoms with Crippen LogP contribution in [-0.2, 0) is 6.42 Å². The second kappa shape index (κ2) is 3.12. The molecular formula is C12H15NO. The van der Waals surface area contributed by atoms with Crippen molar-refractivity contribution in [3.05, 3.63) is 29.3 Å². The van der Waals surface area contributed by atoms with E-state index in [1.807, 2.05) is 12.1 Å². The molecule has 2 heteroatoms. The lowest BCUT2D eigenvalue weighted by Gasteiger charge is -2.18. The Hall–Kier alpha value is -1.31. The average Bonchev–Trinajstić information content (AvgIpc) is 2.43. The second-order valence-electron chi connectivity index (χ2n) is 4.06. The Balaban J connectivity index is 2.46. The van der Waals surface area contributed by atoms with Gasteiger partial charge in [-0.15, -0.1) is 0 Å². The molecule has 0 bridgehead atoms. The van der Waals surface area contributed by atoms with Crippen molar-refractivity contribution in [1.29, 1.82) is 0 Å². The van der Waals surface area contributed by atoms with Gasteiger partial charge in [-0.05, 0) is 31.9 Å². The van der Waals surface area contributed by atoms with E-state index in [1.54, 1.807) is 6.92 Å². The van der Waals surface area contributed by atoms with Crippen LogP contribution >= 0.6 is 0 Å². The lowest BCUT2D eigenvalue weighted by molar-refractivity contribution is 0.101. The number of hydrogen-bond acceptors (Lipinski definition) is 2. The minimum atomic E-state index is 0.140. The first-order valence-corrected chi connectivity index (χ1v) is 4.96. The lowest BCUT2D eigenvalue weighted by Crippen LogP contribution is -2.23. The van der Waals surface area contributed by atoms with Crippen LogP contribution in [0.25, 0.3) is 0 Å². The van der Waals surface area contributed by atoms with Gasteiger partial charge in [0.05, 0.1) is 0 Å². The van der Waals surface area contributed by atoms with Gasteiger partial charge in [0.25, 0.3) is 0 Å². The summed E-state index contributed by atoms with van der Waals surface area (Å²) in [6.45, 7) is 3.81. The molecule has 1 aromatic rings. The molecule has 0 N–H and O–H groups in total. The third-order valence-electron chi connectivity index (χ3n) is 3.05. The molecule has 0 spiro atoms. The van der Waals surface area contributed by atoms with E-state index in [9.17, 15) is 4.79 Å². The van der Waals surface area contributed by atoms with Crippen molar-refractivity contribution in [1.82, 2.24) is 0 Å². The molecule has 0 aromatic heterocycles. The van der Waals surface area contributed by atoms with Crippen LogP contribution < -0.4 is 4.90 Å². The van der Waals surface area contributed by atoms with Crippen molar-refractivity contribution in [2.45, 2.75) is 26.3 Å². The van der Waals surface area contributed by atoms with Crippen LogP contribution in [0.4, 0.5) is 5.69 Å². The average molecular weight is 189 g/mol. The number of nitrogens with zero attached hydrogens (tertiary/aromatic N) is 1. The molecule has 14 heavy (non-hydrogen) atoms. The fourth-order valence-corrected chi connectivity index (χ4v) is 1.98. The summed E-state index contributed by atoms with van der Waals surface area (Å²) in [7, 11) is 2.08. The molecule has 1 unspecified atom stereocenters. The molecule has 1 atom stereocenters. The van der Waals surface area contributed by atoms with Crippen LogP contribution in [0, 0.1) is 0 Å². The Morgan fingerprint density at radius 3 is 2.86 bits per heavy atom. The summed E-state index contributed by atoms with van der Waals surface area (Å²) in [6, 6.07) is 6.55. The number of ketones is 1. The first kappa shape index (κ1) is 9.25. The lowest BCUT2D eigenvalue weighted by atomic mass is 10.1. The summed E-state index contributed by atoms with van der Waals surface area (Å²) < 4.78 is 0. The molecule has 0 amide bonds. The monoisotopic (exact) mass is 189 g/mol. The maximum absolute atomic E-state index is 11.2. The van der Waals surface area contributed by atoms with Crippen molar-refractivity contribution < 1.29 is 4.79 Å². The highest BCUT2D eigenvalue weighted by Gasteiger charge is 2.22. The van der Waals surface area contributed by atoms with E-state index in [0.29, 0.717) is 6.04 Å². The zero-order valence-electron chi connectivity index (χ0n) is 8.87. The van der Waals surface area contributed by atoms with Crippen LogP contribution in [0.2, 0.25) is 0 Å². The normalized spacial score (nSPS) is 19.6. The first-order valence-electron chi connectivity index (χ1n) is 4.96. The number of fused-ring (bicyclic) bond motifs is 1. The highest BCUT2D eigenvalue weighted by atomic mass is 16.1. The number of anilines is 1. The zero-order chi connectivity index (χ0) is 10.3. The second-order valence-corrected chi connectivity index (χ2v) is 4.06. The Bertz CT molecular complexity index is 384. The zero-order valence-corrected chi connectivity index (χ0v) is 8.87. The highest BCUT2D eigenvalue weighted by Crippen LogP contribution is 2.31. The molecule has 1 heterocycles. The molecule has 0 fully saturated rings. The molecular weight excluding hydrogens is 174 g/mol. The van der Waals surface area contributed by atoms with E-state index < -0.39 is 0 Å². The third-order valence-corrected chi connectivity index (χ3v) is 3.05. The molecule has 0 saturated heterocycles. The predicted molar refractivity (Wildman–Crippen MR) is 58.0 cm³/mol. The Labute approximate surface area is 84.5 Å². The molecule has 1 aliphatic rings. The topological polar surface area (TPSA) is 20.3 Å². The van der Waals surface area contributed by atoms with E-state index in [2.05, 4.69) is 24.9 Å². The summed E-state index contributed by atoms with van der Waals surface area (Å²) in [6.07, 6.45) is 1.09. The van der Waals surface area contributed by atoms with Crippen LogP contribution in [0.3, 0.4) is 0 Å². The third kappa shape index (κ3) is 1.31. The summed E-state index contributed by atoms with van der Waals surface area (Å²) >= 11 is 0. The molecule has 2 rings (SSSR count). The largest absolute Gasteiger partial charge is 0.371 e. The Morgan fingerprint density at radius 1 is 1.50 bits per heavy atom. The van der Waals surface area contributed by atoms with Crippen LogP contribution in [0.15, 0.2) is 18.2 Å². The van der Waals surface area contributed by atoms with E-state index in [1.165, 1.54) is 11.3 Å². The standard InChI is InChI=1S/C12H15NO/c1-8-6-11-5-4-10(9(2)14)7-12(11)13(8)3/h4-5,7-8H,6H2,1-3H3. The van der Waals surface area contributed by atoms with Gasteiger partial charge in [0.1, 0.15) is 0 Å². The molecule has 0 saturated carbocycles. The van der Waals surface area contributed by atoms with E-state index in [-0.39, 0.29) is 5.78 Å². The van der Waals surface area contributed by atoms with Gasteiger partial charge in [-0.1, -0.05) is 12.1 Å². The smallest absolute Gasteiger partial charge is 0.159 e. The SMILES string of the molecule is CC(=O)c1ccc2c(c1)N(C)C(C)C2. The van der Waals surface area contributed by atoms with Gasteiger partial charge in [0.15, 0.2) is 5.78 Å². The number of rotatable bonds is 1. The van der Waals surface area contributed by atoms with Crippen molar-refractivity contribution in [3.63, 3.8) is 0 Å². The summed E-state index contributed by atoms with van der Waals surface area (Å²) in [4.78, 5) is 13.5. The van der Waals surface area contributed by atoms with E-state index >= 15 is 0 Å². The molecule has 1 aliphatic heterocycles. The van der Waals surface area contributed by atoms with Gasteiger partial charge in [0.2, 0.25) is 0 Å². The fourth-order valence-electron chi connectivity index (χ4n) is 1.98. The molecule has 1 aromatic carbocycles. The maximum Gasteiger partial charge on any atom is 0.159 e. The number of benzene rings is 1.